The van der Waals surface area contributed by atoms with Gasteiger partial charge in [-0.2, -0.15) is 26.3 Å². The van der Waals surface area contributed by atoms with Crippen LogP contribution in [0.1, 0.15) is 38.5 Å². The van der Waals surface area contributed by atoms with Gasteiger partial charge in [0.25, 0.3) is 4.21 Å². The van der Waals surface area contributed by atoms with Crippen molar-refractivity contribution >= 4 is 23.5 Å². The van der Waals surface area contributed by atoms with E-state index in [1.807, 2.05) is 0 Å². The van der Waals surface area contributed by atoms with Crippen molar-refractivity contribution in [3.8, 4) is 0 Å². The van der Waals surface area contributed by atoms with Crippen LogP contribution in [0, 0.1) is 17.8 Å². The third kappa shape index (κ3) is 2.73. The predicted octanol–water partition coefficient (Wildman–Crippen LogP) is 5.25. The number of nitrogens with one attached hydrogen (secondary N) is 1. The second-order valence-corrected chi connectivity index (χ2v) is 8.80. The maximum atomic E-state index is 12.8. The molecule has 4 aliphatic carbocycles. The first kappa shape index (κ1) is 17.0. The Labute approximate surface area is 133 Å². The average molecular weight is 368 g/mol. The van der Waals surface area contributed by atoms with Crippen molar-refractivity contribution < 1.29 is 26.3 Å². The van der Waals surface area contributed by atoms with E-state index < -0.39 is 34.0 Å². The van der Waals surface area contributed by atoms with Gasteiger partial charge in [-0.15, -0.1) is 0 Å². The van der Waals surface area contributed by atoms with Gasteiger partial charge in [-0.25, -0.2) is 0 Å². The van der Waals surface area contributed by atoms with Gasteiger partial charge in [0.1, 0.15) is 0 Å². The van der Waals surface area contributed by atoms with Crippen LogP contribution in [0.3, 0.4) is 0 Å². The Kier molecular flexibility index (Phi) is 3.93. The largest absolute Gasteiger partial charge is 0.427 e. The molecule has 128 valence electrons. The van der Waals surface area contributed by atoms with Crippen molar-refractivity contribution in [1.29, 1.82) is 0 Å². The first-order valence-corrected chi connectivity index (χ1v) is 8.41. The van der Waals surface area contributed by atoms with Gasteiger partial charge < -0.3 is 0 Å². The van der Waals surface area contributed by atoms with Crippen molar-refractivity contribution in [2.75, 3.05) is 0 Å². The fraction of sp³-hybridized carbons (Fsp3) is 1.00. The number of hydrogen-bond acceptors (Lipinski definition) is 2. The van der Waals surface area contributed by atoms with Crippen LogP contribution in [0.2, 0.25) is 0 Å². The summed E-state index contributed by atoms with van der Waals surface area (Å²) in [7, 11) is 0. The van der Waals surface area contributed by atoms with E-state index in [-0.39, 0.29) is 0 Å². The summed E-state index contributed by atoms with van der Waals surface area (Å²) in [5.41, 5.74) is -0.629. The molecule has 4 saturated carbocycles. The van der Waals surface area contributed by atoms with Gasteiger partial charge in [-0.1, -0.05) is 11.6 Å². The summed E-state index contributed by atoms with van der Waals surface area (Å²) in [6.07, 6.45) is -6.06. The van der Waals surface area contributed by atoms with E-state index in [4.69, 9.17) is 11.6 Å². The molecule has 0 aromatic carbocycles. The summed E-state index contributed by atoms with van der Waals surface area (Å²) < 4.78 is 75.3. The highest BCUT2D eigenvalue weighted by atomic mass is 35.5. The Morgan fingerprint density at radius 1 is 0.818 bits per heavy atom. The Morgan fingerprint density at radius 2 is 1.18 bits per heavy atom. The number of rotatable bonds is 3. The van der Waals surface area contributed by atoms with Crippen LogP contribution in [0.15, 0.2) is 0 Å². The van der Waals surface area contributed by atoms with E-state index >= 15 is 0 Å². The molecule has 0 atom stereocenters. The molecular weight excluding hydrogens is 352 g/mol. The molecule has 0 aliphatic heterocycles. The summed E-state index contributed by atoms with van der Waals surface area (Å²) in [6.45, 7) is 0. The summed E-state index contributed by atoms with van der Waals surface area (Å²) >= 11 is 4.57. The van der Waals surface area contributed by atoms with Gasteiger partial charge in [0.2, 0.25) is 0 Å². The summed E-state index contributed by atoms with van der Waals surface area (Å²) in [5, 5.41) is 0. The first-order chi connectivity index (χ1) is 9.94. The maximum absolute atomic E-state index is 12.8. The molecule has 0 spiro atoms. The molecule has 4 fully saturated rings. The van der Waals surface area contributed by atoms with E-state index in [0.29, 0.717) is 37.0 Å². The Bertz CT molecular complexity index is 400. The molecule has 22 heavy (non-hydrogen) atoms. The minimum atomic E-state index is -5.58. The fourth-order valence-corrected chi connectivity index (χ4v) is 5.64. The van der Waals surface area contributed by atoms with Gasteiger partial charge in [-0.3, -0.25) is 4.72 Å². The molecule has 1 N–H and O–H groups in total. The van der Waals surface area contributed by atoms with Crippen LogP contribution in [-0.4, -0.2) is 22.1 Å². The molecule has 0 aromatic heterocycles. The highest BCUT2D eigenvalue weighted by Crippen LogP contribution is 2.59. The zero-order chi connectivity index (χ0) is 16.4. The molecule has 0 unspecified atom stereocenters. The Hall–Kier alpha value is 0.180. The lowest BCUT2D eigenvalue weighted by atomic mass is 9.53. The molecule has 1 nitrogen and oxygen atoms in total. The molecule has 0 heterocycles. The van der Waals surface area contributed by atoms with E-state index in [9.17, 15) is 26.3 Å². The van der Waals surface area contributed by atoms with E-state index in [0.717, 1.165) is 19.3 Å². The summed E-state index contributed by atoms with van der Waals surface area (Å²) in [5.74, 6) is 1.25. The second-order valence-electron chi connectivity index (χ2n) is 6.99. The van der Waals surface area contributed by atoms with E-state index in [1.54, 1.807) is 0 Å². The lowest BCUT2D eigenvalue weighted by Crippen LogP contribution is -2.59. The minimum absolute atomic E-state index is 0.408. The first-order valence-electron chi connectivity index (χ1n) is 7.22. The average Bonchev–Trinajstić information content (AvgIpc) is 2.31. The van der Waals surface area contributed by atoms with Crippen LogP contribution in [0.4, 0.5) is 26.3 Å². The molecule has 0 saturated heterocycles. The fourth-order valence-electron chi connectivity index (χ4n) is 4.69. The van der Waals surface area contributed by atoms with Gasteiger partial charge in [0, 0.05) is 5.54 Å². The molecule has 9 heteroatoms. The zero-order valence-corrected chi connectivity index (χ0v) is 13.1. The van der Waals surface area contributed by atoms with E-state index in [2.05, 4.69) is 4.72 Å². The maximum Gasteiger partial charge on any atom is 0.427 e. The molecule has 0 aromatic rings. The minimum Gasteiger partial charge on any atom is -0.256 e. The van der Waals surface area contributed by atoms with Crippen LogP contribution < -0.4 is 4.72 Å². The van der Waals surface area contributed by atoms with Crippen molar-refractivity contribution in [3.05, 3.63) is 0 Å². The molecule has 0 radical (unpaired) electrons. The van der Waals surface area contributed by atoms with Crippen LogP contribution in [0.25, 0.3) is 0 Å². The van der Waals surface area contributed by atoms with Crippen molar-refractivity contribution in [1.82, 2.24) is 4.72 Å². The Morgan fingerprint density at radius 3 is 1.50 bits per heavy atom. The Balaban J connectivity index is 1.76. The molecule has 4 bridgehead atoms. The third-order valence-electron chi connectivity index (χ3n) is 5.18. The van der Waals surface area contributed by atoms with Gasteiger partial charge in [0.05, 0.1) is 0 Å². The van der Waals surface area contributed by atoms with Gasteiger partial charge in [-0.05, 0) is 68.2 Å². The summed E-state index contributed by atoms with van der Waals surface area (Å²) in [6, 6.07) is 0. The van der Waals surface area contributed by atoms with Crippen molar-refractivity contribution in [2.24, 2.45) is 17.8 Å². The normalized spacial score (nSPS) is 38.6. The molecule has 4 rings (SSSR count). The molecule has 4 aliphatic rings. The van der Waals surface area contributed by atoms with Gasteiger partial charge in [0.15, 0.2) is 0 Å². The molecular formula is C13H16ClF6NS. The standard InChI is InChI=1S/C13H16ClF6NS/c14-11(12(15,16)17,13(18,19)20)22-21-10-4-7-1-8(5-10)3-9(2-7)6-10/h7-9,21H,1-6H2. The second kappa shape index (κ2) is 5.09. The molecule has 0 amide bonds. The lowest BCUT2D eigenvalue weighted by Gasteiger charge is -2.57. The topological polar surface area (TPSA) is 12.0 Å². The van der Waals surface area contributed by atoms with Crippen LogP contribution in [-0.2, 0) is 0 Å². The van der Waals surface area contributed by atoms with Crippen LogP contribution in [0.5, 0.6) is 0 Å². The SMILES string of the molecule is FC(F)(F)C(Cl)(SNC12CC3CC(CC(C3)C1)C2)C(F)(F)F. The van der Waals surface area contributed by atoms with E-state index in [1.165, 1.54) is 0 Å². The number of hydrogen-bond donors (Lipinski definition) is 1. The number of alkyl halides is 7. The van der Waals surface area contributed by atoms with Crippen LogP contribution >= 0.6 is 23.5 Å². The third-order valence-corrected chi connectivity index (χ3v) is 7.11. The van der Waals surface area contributed by atoms with Crippen molar-refractivity contribution in [2.45, 2.75) is 60.6 Å². The highest BCUT2D eigenvalue weighted by Gasteiger charge is 2.72. The smallest absolute Gasteiger partial charge is 0.256 e. The number of halogens is 7. The highest BCUT2D eigenvalue weighted by molar-refractivity contribution is 8.00. The summed E-state index contributed by atoms with van der Waals surface area (Å²) in [4.78, 5) is 0. The van der Waals surface area contributed by atoms with Crippen molar-refractivity contribution in [3.63, 3.8) is 0 Å². The van der Waals surface area contributed by atoms with Gasteiger partial charge >= 0.3 is 12.4 Å². The lowest BCUT2D eigenvalue weighted by molar-refractivity contribution is -0.239. The zero-order valence-electron chi connectivity index (χ0n) is 11.5. The monoisotopic (exact) mass is 367 g/mol. The quantitative estimate of drug-likeness (QED) is 0.415. The predicted molar refractivity (Wildman–Crippen MR) is 72.3 cm³/mol.